The minimum Gasteiger partial charge on any atom is -0.317 e. The second-order valence-corrected chi connectivity index (χ2v) is 5.26. The van der Waals surface area contributed by atoms with Crippen molar-refractivity contribution in [3.05, 3.63) is 35.6 Å². The van der Waals surface area contributed by atoms with E-state index in [9.17, 15) is 4.39 Å². The molecule has 1 aromatic carbocycles. The van der Waals surface area contributed by atoms with Gasteiger partial charge in [-0.1, -0.05) is 19.1 Å². The average molecular weight is 250 g/mol. The van der Waals surface area contributed by atoms with Gasteiger partial charge in [-0.25, -0.2) is 4.39 Å². The van der Waals surface area contributed by atoms with Crippen molar-refractivity contribution >= 4 is 0 Å². The Kier molecular flexibility index (Phi) is 4.72. The van der Waals surface area contributed by atoms with E-state index in [1.807, 2.05) is 6.07 Å². The van der Waals surface area contributed by atoms with Crippen LogP contribution in [0.1, 0.15) is 25.3 Å². The van der Waals surface area contributed by atoms with Crippen LogP contribution in [0.4, 0.5) is 4.39 Å². The molecule has 2 rings (SSSR count). The van der Waals surface area contributed by atoms with Crippen molar-refractivity contribution in [2.45, 2.75) is 32.4 Å². The van der Waals surface area contributed by atoms with Crippen LogP contribution in [0.5, 0.6) is 0 Å². The molecule has 1 N–H and O–H groups in total. The second-order valence-electron chi connectivity index (χ2n) is 5.26. The summed E-state index contributed by atoms with van der Waals surface area (Å²) in [6.45, 7) is 5.13. The molecule has 0 bridgehead atoms. The van der Waals surface area contributed by atoms with Gasteiger partial charge < -0.3 is 5.32 Å². The van der Waals surface area contributed by atoms with Crippen molar-refractivity contribution in [2.24, 2.45) is 5.92 Å². The van der Waals surface area contributed by atoms with Gasteiger partial charge in [0.2, 0.25) is 0 Å². The summed E-state index contributed by atoms with van der Waals surface area (Å²) in [6, 6.07) is 7.56. The maximum atomic E-state index is 13.1. The summed E-state index contributed by atoms with van der Waals surface area (Å²) in [5.74, 6) is 0.613. The topological polar surface area (TPSA) is 15.3 Å². The van der Waals surface area contributed by atoms with E-state index >= 15 is 0 Å². The molecule has 18 heavy (non-hydrogen) atoms. The van der Waals surface area contributed by atoms with Gasteiger partial charge in [-0.2, -0.15) is 0 Å². The normalized spacial score (nSPS) is 23.1. The molecule has 0 aliphatic heterocycles. The molecule has 0 spiro atoms. The predicted molar refractivity (Wildman–Crippen MR) is 72.9 cm³/mol. The summed E-state index contributed by atoms with van der Waals surface area (Å²) in [7, 11) is 2.15. The zero-order valence-electron chi connectivity index (χ0n) is 11.3. The summed E-state index contributed by atoms with van der Waals surface area (Å²) < 4.78 is 13.1. The van der Waals surface area contributed by atoms with E-state index in [1.54, 1.807) is 12.1 Å². The standard InChI is InChI=1S/C15H23FN2/c1-3-17-10-13-7-8-15(13)18(2)11-12-5-4-6-14(16)9-12/h4-6,9,13,15,17H,3,7-8,10-11H2,1-2H3. The molecule has 1 aliphatic carbocycles. The van der Waals surface area contributed by atoms with Gasteiger partial charge in [0, 0.05) is 12.6 Å². The Balaban J connectivity index is 1.86. The lowest BCUT2D eigenvalue weighted by Crippen LogP contribution is -2.48. The molecule has 1 aromatic rings. The van der Waals surface area contributed by atoms with E-state index in [4.69, 9.17) is 0 Å². The van der Waals surface area contributed by atoms with Gasteiger partial charge in [0.1, 0.15) is 5.82 Å². The fourth-order valence-corrected chi connectivity index (χ4v) is 2.74. The summed E-state index contributed by atoms with van der Waals surface area (Å²) in [6.07, 6.45) is 2.58. The van der Waals surface area contributed by atoms with Crippen LogP contribution >= 0.6 is 0 Å². The second kappa shape index (κ2) is 6.30. The first-order chi connectivity index (χ1) is 8.70. The minimum absolute atomic E-state index is 0.140. The van der Waals surface area contributed by atoms with Crippen molar-refractivity contribution in [3.63, 3.8) is 0 Å². The highest BCUT2D eigenvalue weighted by Gasteiger charge is 2.33. The first-order valence-corrected chi connectivity index (χ1v) is 6.86. The number of rotatable bonds is 6. The number of nitrogens with zero attached hydrogens (tertiary/aromatic N) is 1. The van der Waals surface area contributed by atoms with Gasteiger partial charge in [-0.15, -0.1) is 0 Å². The Hall–Kier alpha value is -0.930. The molecular formula is C15H23FN2. The molecule has 1 fully saturated rings. The lowest BCUT2D eigenvalue weighted by molar-refractivity contribution is 0.0784. The third-order valence-corrected chi connectivity index (χ3v) is 3.92. The lowest BCUT2D eigenvalue weighted by atomic mass is 9.78. The molecule has 0 radical (unpaired) electrons. The van der Waals surface area contributed by atoms with Crippen molar-refractivity contribution in [1.82, 2.24) is 10.2 Å². The van der Waals surface area contributed by atoms with Gasteiger partial charge in [0.25, 0.3) is 0 Å². The van der Waals surface area contributed by atoms with Crippen LogP contribution in [-0.4, -0.2) is 31.1 Å². The summed E-state index contributed by atoms with van der Waals surface area (Å²) in [4.78, 5) is 2.36. The third-order valence-electron chi connectivity index (χ3n) is 3.92. The van der Waals surface area contributed by atoms with E-state index in [2.05, 4.69) is 24.2 Å². The minimum atomic E-state index is -0.140. The third kappa shape index (κ3) is 3.30. The molecule has 2 nitrogen and oxygen atoms in total. The first kappa shape index (κ1) is 13.5. The van der Waals surface area contributed by atoms with E-state index in [1.165, 1.54) is 18.9 Å². The Morgan fingerprint density at radius 2 is 2.22 bits per heavy atom. The van der Waals surface area contributed by atoms with E-state index in [0.717, 1.165) is 31.1 Å². The molecule has 1 saturated carbocycles. The maximum absolute atomic E-state index is 13.1. The summed E-state index contributed by atoms with van der Waals surface area (Å²) in [5.41, 5.74) is 1.06. The van der Waals surface area contributed by atoms with E-state index < -0.39 is 0 Å². The molecule has 1 aliphatic rings. The van der Waals surface area contributed by atoms with E-state index in [-0.39, 0.29) is 5.82 Å². The molecule has 2 unspecified atom stereocenters. The van der Waals surface area contributed by atoms with Gasteiger partial charge in [-0.05, 0) is 56.6 Å². The Morgan fingerprint density at radius 1 is 1.39 bits per heavy atom. The first-order valence-electron chi connectivity index (χ1n) is 6.86. The zero-order chi connectivity index (χ0) is 13.0. The molecule has 0 saturated heterocycles. The van der Waals surface area contributed by atoms with Gasteiger partial charge >= 0.3 is 0 Å². The highest BCUT2D eigenvalue weighted by Crippen LogP contribution is 2.31. The van der Waals surface area contributed by atoms with Crippen LogP contribution in [-0.2, 0) is 6.54 Å². The fraction of sp³-hybridized carbons (Fsp3) is 0.600. The fourth-order valence-electron chi connectivity index (χ4n) is 2.74. The van der Waals surface area contributed by atoms with Crippen LogP contribution in [0.3, 0.4) is 0 Å². The summed E-state index contributed by atoms with van der Waals surface area (Å²) >= 11 is 0. The van der Waals surface area contributed by atoms with Gasteiger partial charge in [0.05, 0.1) is 0 Å². The SMILES string of the molecule is CCNCC1CCC1N(C)Cc1cccc(F)c1. The smallest absolute Gasteiger partial charge is 0.123 e. The van der Waals surface area contributed by atoms with Crippen LogP contribution in [0.15, 0.2) is 24.3 Å². The number of hydrogen-bond donors (Lipinski definition) is 1. The van der Waals surface area contributed by atoms with E-state index in [0.29, 0.717) is 6.04 Å². The van der Waals surface area contributed by atoms with Crippen LogP contribution in [0.2, 0.25) is 0 Å². The van der Waals surface area contributed by atoms with Gasteiger partial charge in [0.15, 0.2) is 0 Å². The average Bonchev–Trinajstić information content (AvgIpc) is 2.27. The van der Waals surface area contributed by atoms with Crippen molar-refractivity contribution in [3.8, 4) is 0 Å². The highest BCUT2D eigenvalue weighted by atomic mass is 19.1. The number of hydrogen-bond acceptors (Lipinski definition) is 2. The molecule has 0 aromatic heterocycles. The summed E-state index contributed by atoms with van der Waals surface area (Å²) in [5, 5.41) is 3.42. The molecule has 0 amide bonds. The largest absolute Gasteiger partial charge is 0.317 e. The number of nitrogens with one attached hydrogen (secondary N) is 1. The monoisotopic (exact) mass is 250 g/mol. The predicted octanol–water partition coefficient (Wildman–Crippen LogP) is 2.65. The molecular weight excluding hydrogens is 227 g/mol. The van der Waals surface area contributed by atoms with Crippen LogP contribution < -0.4 is 5.32 Å². The van der Waals surface area contributed by atoms with Crippen LogP contribution in [0, 0.1) is 11.7 Å². The lowest BCUT2D eigenvalue weighted by Gasteiger charge is -2.43. The molecule has 0 heterocycles. The number of halogens is 1. The number of benzene rings is 1. The molecule has 100 valence electrons. The van der Waals surface area contributed by atoms with Crippen molar-refractivity contribution in [1.29, 1.82) is 0 Å². The Bertz CT molecular complexity index is 381. The Labute approximate surface area is 109 Å². The van der Waals surface area contributed by atoms with Crippen molar-refractivity contribution in [2.75, 3.05) is 20.1 Å². The molecule has 3 heteroatoms. The van der Waals surface area contributed by atoms with Crippen LogP contribution in [0.25, 0.3) is 0 Å². The highest BCUT2D eigenvalue weighted by molar-refractivity contribution is 5.16. The quantitative estimate of drug-likeness (QED) is 0.835. The van der Waals surface area contributed by atoms with Crippen molar-refractivity contribution < 1.29 is 4.39 Å². The maximum Gasteiger partial charge on any atom is 0.123 e. The Morgan fingerprint density at radius 3 is 2.83 bits per heavy atom. The molecule has 2 atom stereocenters. The zero-order valence-corrected chi connectivity index (χ0v) is 11.3. The van der Waals surface area contributed by atoms with Gasteiger partial charge in [-0.3, -0.25) is 4.90 Å².